The van der Waals surface area contributed by atoms with E-state index >= 15 is 0 Å². The van der Waals surface area contributed by atoms with Gasteiger partial charge < -0.3 is 9.47 Å². The molecule has 0 unspecified atom stereocenters. The Kier molecular flexibility index (Phi) is 4.93. The summed E-state index contributed by atoms with van der Waals surface area (Å²) < 4.78 is 22.1. The van der Waals surface area contributed by atoms with Crippen molar-refractivity contribution >= 4 is 17.7 Å². The second kappa shape index (κ2) is 6.47. The van der Waals surface area contributed by atoms with Gasteiger partial charge in [-0.1, -0.05) is 12.1 Å². The number of benzene rings is 1. The number of para-hydroxylation sites is 1. The number of esters is 1. The van der Waals surface area contributed by atoms with E-state index in [2.05, 4.69) is 14.8 Å². The number of amides is 1. The van der Waals surface area contributed by atoms with Gasteiger partial charge in [-0.25, -0.2) is 9.18 Å². The SMILES string of the molecule is COC(=O)CCOC(=O)Nc1ccccc1F. The fourth-order valence-electron chi connectivity index (χ4n) is 1.04. The predicted octanol–water partition coefficient (Wildman–Crippen LogP) is 1.94. The summed E-state index contributed by atoms with van der Waals surface area (Å²) >= 11 is 0. The number of methoxy groups -OCH3 is 1. The number of carbonyl (C=O) groups excluding carboxylic acids is 2. The van der Waals surface area contributed by atoms with E-state index in [9.17, 15) is 14.0 Å². The topological polar surface area (TPSA) is 64.6 Å². The van der Waals surface area contributed by atoms with E-state index in [4.69, 9.17) is 0 Å². The van der Waals surface area contributed by atoms with Gasteiger partial charge in [-0.15, -0.1) is 0 Å². The van der Waals surface area contributed by atoms with Gasteiger partial charge in [0.15, 0.2) is 0 Å². The lowest BCUT2D eigenvalue weighted by molar-refractivity contribution is -0.141. The Balaban J connectivity index is 2.35. The van der Waals surface area contributed by atoms with Gasteiger partial charge in [-0.05, 0) is 12.1 Å². The third kappa shape index (κ3) is 4.50. The number of halogens is 1. The minimum atomic E-state index is -0.820. The Morgan fingerprint density at radius 1 is 1.35 bits per heavy atom. The van der Waals surface area contributed by atoms with Crippen LogP contribution in [0.2, 0.25) is 0 Å². The second-order valence-corrected chi connectivity index (χ2v) is 3.07. The molecule has 0 spiro atoms. The monoisotopic (exact) mass is 241 g/mol. The summed E-state index contributed by atoms with van der Waals surface area (Å²) in [5, 5.41) is 2.21. The molecule has 1 amide bonds. The number of nitrogens with one attached hydrogen (secondary N) is 1. The van der Waals surface area contributed by atoms with E-state index in [1.165, 1.54) is 25.3 Å². The highest BCUT2D eigenvalue weighted by molar-refractivity contribution is 5.84. The van der Waals surface area contributed by atoms with E-state index in [0.717, 1.165) is 0 Å². The van der Waals surface area contributed by atoms with Crippen LogP contribution in [0.25, 0.3) is 0 Å². The van der Waals surface area contributed by atoms with E-state index in [0.29, 0.717) is 0 Å². The summed E-state index contributed by atoms with van der Waals surface area (Å²) in [5.41, 5.74) is 0.0237. The Morgan fingerprint density at radius 2 is 2.06 bits per heavy atom. The highest BCUT2D eigenvalue weighted by Gasteiger charge is 2.08. The van der Waals surface area contributed by atoms with Crippen LogP contribution in [0.4, 0.5) is 14.9 Å². The van der Waals surface area contributed by atoms with Crippen LogP contribution < -0.4 is 5.32 Å². The first-order chi connectivity index (χ1) is 8.13. The third-order valence-electron chi connectivity index (χ3n) is 1.88. The van der Waals surface area contributed by atoms with E-state index in [1.54, 1.807) is 6.07 Å². The van der Waals surface area contributed by atoms with Crippen LogP contribution in [0.1, 0.15) is 6.42 Å². The average molecular weight is 241 g/mol. The molecule has 0 aliphatic heterocycles. The fourth-order valence-corrected chi connectivity index (χ4v) is 1.04. The molecule has 0 aromatic heterocycles. The van der Waals surface area contributed by atoms with Gasteiger partial charge in [0.2, 0.25) is 0 Å². The number of ether oxygens (including phenoxy) is 2. The molecular weight excluding hydrogens is 229 g/mol. The summed E-state index contributed by atoms with van der Waals surface area (Å²) in [6.45, 7) is -0.118. The molecule has 0 bridgehead atoms. The Morgan fingerprint density at radius 3 is 2.71 bits per heavy atom. The molecule has 17 heavy (non-hydrogen) atoms. The van der Waals surface area contributed by atoms with Crippen LogP contribution in [0, 0.1) is 5.82 Å². The fraction of sp³-hybridized carbons (Fsp3) is 0.273. The van der Waals surface area contributed by atoms with Crippen molar-refractivity contribution in [3.05, 3.63) is 30.1 Å². The molecule has 92 valence electrons. The first-order valence-electron chi connectivity index (χ1n) is 4.88. The Bertz CT molecular complexity index is 408. The largest absolute Gasteiger partial charge is 0.469 e. The number of rotatable bonds is 4. The van der Waals surface area contributed by atoms with E-state index in [1.807, 2.05) is 0 Å². The molecule has 6 heteroatoms. The predicted molar refractivity (Wildman–Crippen MR) is 58.0 cm³/mol. The van der Waals surface area contributed by atoms with Gasteiger partial charge in [-0.2, -0.15) is 0 Å². The van der Waals surface area contributed by atoms with Crippen LogP contribution in [-0.2, 0) is 14.3 Å². The zero-order valence-electron chi connectivity index (χ0n) is 9.23. The smallest absolute Gasteiger partial charge is 0.411 e. The lowest BCUT2D eigenvalue weighted by atomic mass is 10.3. The highest BCUT2D eigenvalue weighted by atomic mass is 19.1. The van der Waals surface area contributed by atoms with Gasteiger partial charge in [0.1, 0.15) is 12.4 Å². The minimum absolute atomic E-state index is 0.0237. The minimum Gasteiger partial charge on any atom is -0.469 e. The quantitative estimate of drug-likeness (QED) is 0.818. The van der Waals surface area contributed by atoms with Gasteiger partial charge in [-0.3, -0.25) is 10.1 Å². The summed E-state index contributed by atoms with van der Waals surface area (Å²) in [6, 6.07) is 5.69. The maximum Gasteiger partial charge on any atom is 0.411 e. The lowest BCUT2D eigenvalue weighted by Crippen LogP contribution is -2.17. The third-order valence-corrected chi connectivity index (χ3v) is 1.88. The van der Waals surface area contributed by atoms with Crippen molar-refractivity contribution in [2.75, 3.05) is 19.0 Å². The maximum absolute atomic E-state index is 13.1. The van der Waals surface area contributed by atoms with Gasteiger partial charge >= 0.3 is 12.1 Å². The van der Waals surface area contributed by atoms with Crippen molar-refractivity contribution < 1.29 is 23.5 Å². The number of anilines is 1. The molecule has 0 radical (unpaired) electrons. The normalized spacial score (nSPS) is 9.53. The molecule has 0 aliphatic rings. The van der Waals surface area contributed by atoms with Crippen LogP contribution in [0.3, 0.4) is 0 Å². The molecule has 0 saturated carbocycles. The van der Waals surface area contributed by atoms with Crippen molar-refractivity contribution in [3.8, 4) is 0 Å². The standard InChI is InChI=1S/C11H12FNO4/c1-16-10(14)6-7-17-11(15)13-9-5-3-2-4-8(9)12/h2-5H,6-7H2,1H3,(H,13,15). The molecule has 0 atom stereocenters. The second-order valence-electron chi connectivity index (χ2n) is 3.07. The summed E-state index contributed by atoms with van der Waals surface area (Å²) in [6.07, 6.45) is -0.861. The zero-order valence-corrected chi connectivity index (χ0v) is 9.23. The van der Waals surface area contributed by atoms with E-state index < -0.39 is 17.9 Å². The molecular formula is C11H12FNO4. The van der Waals surface area contributed by atoms with Crippen molar-refractivity contribution in [2.45, 2.75) is 6.42 Å². The summed E-state index contributed by atoms with van der Waals surface area (Å²) in [5.74, 6) is -1.04. The lowest BCUT2D eigenvalue weighted by Gasteiger charge is -2.06. The number of hydrogen-bond donors (Lipinski definition) is 1. The number of carbonyl (C=O) groups is 2. The molecule has 0 heterocycles. The van der Waals surface area contributed by atoms with Crippen molar-refractivity contribution in [3.63, 3.8) is 0 Å². The van der Waals surface area contributed by atoms with Gasteiger partial charge in [0.25, 0.3) is 0 Å². The van der Waals surface area contributed by atoms with E-state index in [-0.39, 0.29) is 18.7 Å². The summed E-state index contributed by atoms with van der Waals surface area (Å²) in [4.78, 5) is 21.9. The number of hydrogen-bond acceptors (Lipinski definition) is 4. The molecule has 0 fully saturated rings. The van der Waals surface area contributed by atoms with Crippen LogP contribution >= 0.6 is 0 Å². The Hall–Kier alpha value is -2.11. The molecule has 1 N–H and O–H groups in total. The molecule has 1 aromatic carbocycles. The van der Waals surface area contributed by atoms with Crippen molar-refractivity contribution in [1.82, 2.24) is 0 Å². The van der Waals surface area contributed by atoms with Gasteiger partial charge in [0.05, 0.1) is 19.2 Å². The van der Waals surface area contributed by atoms with Crippen LogP contribution in [0.5, 0.6) is 0 Å². The first kappa shape index (κ1) is 13.0. The van der Waals surface area contributed by atoms with Crippen molar-refractivity contribution in [1.29, 1.82) is 0 Å². The molecule has 1 aromatic rings. The summed E-state index contributed by atoms with van der Waals surface area (Å²) in [7, 11) is 1.24. The van der Waals surface area contributed by atoms with Crippen LogP contribution in [-0.4, -0.2) is 25.8 Å². The zero-order chi connectivity index (χ0) is 12.7. The highest BCUT2D eigenvalue weighted by Crippen LogP contribution is 2.12. The molecule has 5 nitrogen and oxygen atoms in total. The maximum atomic E-state index is 13.1. The van der Waals surface area contributed by atoms with Crippen molar-refractivity contribution in [2.24, 2.45) is 0 Å². The van der Waals surface area contributed by atoms with Crippen LogP contribution in [0.15, 0.2) is 24.3 Å². The first-order valence-corrected chi connectivity index (χ1v) is 4.88. The average Bonchev–Trinajstić information content (AvgIpc) is 2.32. The molecule has 1 rings (SSSR count). The van der Waals surface area contributed by atoms with Gasteiger partial charge in [0, 0.05) is 0 Å². The molecule has 0 saturated heterocycles. The molecule has 0 aliphatic carbocycles. The Labute approximate surface area is 97.5 Å².